The van der Waals surface area contributed by atoms with Gasteiger partial charge in [-0.1, -0.05) is 0 Å². The van der Waals surface area contributed by atoms with Gasteiger partial charge < -0.3 is 9.47 Å². The molecule has 0 aliphatic carbocycles. The van der Waals surface area contributed by atoms with E-state index >= 15 is 0 Å². The first kappa shape index (κ1) is 12.9. The van der Waals surface area contributed by atoms with Gasteiger partial charge in [0.1, 0.15) is 5.60 Å². The lowest BCUT2D eigenvalue weighted by Gasteiger charge is -2.20. The Morgan fingerprint density at radius 3 is 2.38 bits per heavy atom. The number of rotatable bonds is 1. The number of aromatic nitrogens is 1. The summed E-state index contributed by atoms with van der Waals surface area (Å²) in [5.41, 5.74) is 1.63. The monoisotopic (exact) mass is 239 g/mol. The topological polar surface area (TPSA) is 31.4 Å². The largest absolute Gasteiger partial charge is 0.451 e. The van der Waals surface area contributed by atoms with Gasteiger partial charge in [0.2, 0.25) is 5.88 Å². The number of hydrogen-bond donors (Lipinski definition) is 0. The maximum atomic E-state index is 5.39. The van der Waals surface area contributed by atoms with E-state index < -0.39 is 0 Å². The SMILES string of the molecule is Cc1cc(C)nc(OC(=S)OC(C)(C)C)c1. The number of thiocarbonyl (C=S) groups is 1. The van der Waals surface area contributed by atoms with E-state index in [-0.39, 0.29) is 10.8 Å². The van der Waals surface area contributed by atoms with Crippen LogP contribution in [0.3, 0.4) is 0 Å². The van der Waals surface area contributed by atoms with Crippen molar-refractivity contribution >= 4 is 17.5 Å². The van der Waals surface area contributed by atoms with E-state index in [2.05, 4.69) is 4.98 Å². The Hall–Kier alpha value is -1.16. The highest BCUT2D eigenvalue weighted by atomic mass is 32.1. The van der Waals surface area contributed by atoms with Crippen molar-refractivity contribution in [3.63, 3.8) is 0 Å². The molecule has 0 radical (unpaired) electrons. The van der Waals surface area contributed by atoms with Crippen LogP contribution in [0.25, 0.3) is 0 Å². The van der Waals surface area contributed by atoms with E-state index in [9.17, 15) is 0 Å². The molecule has 1 heterocycles. The van der Waals surface area contributed by atoms with E-state index in [0.717, 1.165) is 11.3 Å². The van der Waals surface area contributed by atoms with Gasteiger partial charge >= 0.3 is 5.24 Å². The normalized spacial score (nSPS) is 11.1. The van der Waals surface area contributed by atoms with Crippen molar-refractivity contribution in [3.05, 3.63) is 23.4 Å². The Labute approximate surface area is 102 Å². The predicted molar refractivity (Wildman–Crippen MR) is 67.8 cm³/mol. The Balaban J connectivity index is 2.70. The third-order valence-electron chi connectivity index (χ3n) is 1.65. The molecule has 0 aliphatic heterocycles. The van der Waals surface area contributed by atoms with E-state index in [4.69, 9.17) is 21.7 Å². The molecule has 3 nitrogen and oxygen atoms in total. The maximum Gasteiger partial charge on any atom is 0.359 e. The van der Waals surface area contributed by atoms with Gasteiger partial charge in [-0.25, -0.2) is 4.98 Å². The molecule has 0 saturated heterocycles. The van der Waals surface area contributed by atoms with Gasteiger partial charge in [-0.2, -0.15) is 0 Å². The van der Waals surface area contributed by atoms with Crippen molar-refractivity contribution in [1.29, 1.82) is 0 Å². The fraction of sp³-hybridized carbons (Fsp3) is 0.500. The van der Waals surface area contributed by atoms with Gasteiger partial charge in [-0.15, -0.1) is 0 Å². The summed E-state index contributed by atoms with van der Waals surface area (Å²) in [6, 6.07) is 3.80. The maximum absolute atomic E-state index is 5.39. The molecule has 0 aliphatic rings. The molecule has 16 heavy (non-hydrogen) atoms. The molecular weight excluding hydrogens is 222 g/mol. The van der Waals surface area contributed by atoms with Crippen molar-refractivity contribution in [3.8, 4) is 5.88 Å². The van der Waals surface area contributed by atoms with Crippen LogP contribution in [-0.4, -0.2) is 15.8 Å². The second-order valence-corrected chi connectivity index (χ2v) is 5.02. The van der Waals surface area contributed by atoms with Crippen molar-refractivity contribution < 1.29 is 9.47 Å². The van der Waals surface area contributed by atoms with E-state index in [0.29, 0.717) is 5.88 Å². The summed E-state index contributed by atoms with van der Waals surface area (Å²) in [6.07, 6.45) is 0. The standard InChI is InChI=1S/C12H17NO2S/c1-8-6-9(2)13-10(7-8)14-11(16)15-12(3,4)5/h6-7H,1-5H3. The lowest BCUT2D eigenvalue weighted by Crippen LogP contribution is -2.26. The van der Waals surface area contributed by atoms with Gasteiger partial charge in [0.15, 0.2) is 0 Å². The molecule has 0 saturated carbocycles. The highest BCUT2D eigenvalue weighted by Gasteiger charge is 2.15. The van der Waals surface area contributed by atoms with Crippen LogP contribution < -0.4 is 4.74 Å². The van der Waals surface area contributed by atoms with Gasteiger partial charge in [0, 0.05) is 24.0 Å². The van der Waals surface area contributed by atoms with E-state index in [1.54, 1.807) is 0 Å². The summed E-state index contributed by atoms with van der Waals surface area (Å²) in [6.45, 7) is 9.63. The molecule has 0 bridgehead atoms. The van der Waals surface area contributed by atoms with E-state index in [1.165, 1.54) is 0 Å². The third-order valence-corrected chi connectivity index (χ3v) is 1.82. The molecule has 1 aromatic heterocycles. The summed E-state index contributed by atoms with van der Waals surface area (Å²) in [7, 11) is 0. The Morgan fingerprint density at radius 2 is 1.88 bits per heavy atom. The lowest BCUT2D eigenvalue weighted by molar-refractivity contribution is 0.0911. The van der Waals surface area contributed by atoms with Crippen molar-refractivity contribution in [2.24, 2.45) is 0 Å². The summed E-state index contributed by atoms with van der Waals surface area (Å²) in [4.78, 5) is 4.21. The summed E-state index contributed by atoms with van der Waals surface area (Å²) >= 11 is 4.99. The van der Waals surface area contributed by atoms with Crippen LogP contribution in [0.4, 0.5) is 0 Å². The van der Waals surface area contributed by atoms with E-state index in [1.807, 2.05) is 46.8 Å². The zero-order valence-corrected chi connectivity index (χ0v) is 11.1. The Morgan fingerprint density at radius 1 is 1.25 bits per heavy atom. The zero-order chi connectivity index (χ0) is 12.3. The highest BCUT2D eigenvalue weighted by Crippen LogP contribution is 2.14. The average molecular weight is 239 g/mol. The zero-order valence-electron chi connectivity index (χ0n) is 10.3. The predicted octanol–water partition coefficient (Wildman–Crippen LogP) is 3.18. The smallest absolute Gasteiger partial charge is 0.359 e. The first-order valence-corrected chi connectivity index (χ1v) is 5.53. The molecule has 4 heteroatoms. The van der Waals surface area contributed by atoms with Crippen LogP contribution in [0.15, 0.2) is 12.1 Å². The molecule has 0 unspecified atom stereocenters. The molecule has 0 aromatic carbocycles. The third kappa shape index (κ3) is 4.57. The van der Waals surface area contributed by atoms with Crippen LogP contribution in [-0.2, 0) is 4.74 Å². The van der Waals surface area contributed by atoms with Crippen LogP contribution >= 0.6 is 12.2 Å². The fourth-order valence-electron chi connectivity index (χ4n) is 1.21. The number of hydrogen-bond acceptors (Lipinski definition) is 4. The second-order valence-electron chi connectivity index (χ2n) is 4.69. The first-order chi connectivity index (χ1) is 7.26. The van der Waals surface area contributed by atoms with Crippen molar-refractivity contribution in [2.75, 3.05) is 0 Å². The van der Waals surface area contributed by atoms with Crippen molar-refractivity contribution in [2.45, 2.75) is 40.2 Å². The number of nitrogens with zero attached hydrogens (tertiary/aromatic N) is 1. The lowest BCUT2D eigenvalue weighted by atomic mass is 10.2. The fourth-order valence-corrected chi connectivity index (χ4v) is 1.55. The van der Waals surface area contributed by atoms with Gasteiger partial charge in [0.05, 0.1) is 0 Å². The molecule has 1 aromatic rings. The van der Waals surface area contributed by atoms with Gasteiger partial charge in [-0.3, -0.25) is 0 Å². The highest BCUT2D eigenvalue weighted by molar-refractivity contribution is 7.79. The molecule has 0 amide bonds. The Kier molecular flexibility index (Phi) is 3.86. The number of aryl methyl sites for hydroxylation is 2. The minimum atomic E-state index is -0.351. The summed E-state index contributed by atoms with van der Waals surface area (Å²) < 4.78 is 10.7. The van der Waals surface area contributed by atoms with Crippen LogP contribution in [0.5, 0.6) is 5.88 Å². The molecule has 0 fully saturated rings. The van der Waals surface area contributed by atoms with Gasteiger partial charge in [0.25, 0.3) is 0 Å². The first-order valence-electron chi connectivity index (χ1n) is 5.12. The Bertz CT molecular complexity index is 376. The number of pyridine rings is 1. The number of ether oxygens (including phenoxy) is 2. The summed E-state index contributed by atoms with van der Waals surface area (Å²) in [5.74, 6) is 0.478. The van der Waals surface area contributed by atoms with Crippen LogP contribution in [0, 0.1) is 13.8 Å². The minimum absolute atomic E-state index is 0.102. The summed E-state index contributed by atoms with van der Waals surface area (Å²) in [5, 5.41) is 0.102. The van der Waals surface area contributed by atoms with Crippen LogP contribution in [0.2, 0.25) is 0 Å². The molecular formula is C12H17NO2S. The molecule has 0 spiro atoms. The quantitative estimate of drug-likeness (QED) is 0.704. The van der Waals surface area contributed by atoms with Gasteiger partial charge in [-0.05, 0) is 46.2 Å². The van der Waals surface area contributed by atoms with Crippen molar-refractivity contribution in [1.82, 2.24) is 4.98 Å². The molecule has 0 N–H and O–H groups in total. The minimum Gasteiger partial charge on any atom is -0.451 e. The molecule has 88 valence electrons. The molecule has 1 rings (SSSR count). The average Bonchev–Trinajstić information content (AvgIpc) is 1.96. The van der Waals surface area contributed by atoms with Crippen LogP contribution in [0.1, 0.15) is 32.0 Å². The second kappa shape index (κ2) is 4.78. The molecule has 0 atom stereocenters.